The summed E-state index contributed by atoms with van der Waals surface area (Å²) >= 11 is 2.94. The smallest absolute Gasteiger partial charge is 0.271 e. The number of carbonyl (C=O) groups excluding carboxylic acids is 1. The van der Waals surface area contributed by atoms with Gasteiger partial charge in [0.1, 0.15) is 5.69 Å². The van der Waals surface area contributed by atoms with Crippen molar-refractivity contribution < 1.29 is 4.79 Å². The summed E-state index contributed by atoms with van der Waals surface area (Å²) in [5.41, 5.74) is 1.17. The van der Waals surface area contributed by atoms with Crippen LogP contribution in [0, 0.1) is 0 Å². The Kier molecular flexibility index (Phi) is 3.56. The number of nitrogens with one attached hydrogen (secondary N) is 1. The number of fused-ring (bicyclic) bond motifs is 1. The summed E-state index contributed by atoms with van der Waals surface area (Å²) < 4.78 is 1.83. The van der Waals surface area contributed by atoms with Gasteiger partial charge < -0.3 is 5.32 Å². The van der Waals surface area contributed by atoms with Crippen molar-refractivity contribution in [3.8, 4) is 10.8 Å². The lowest BCUT2D eigenvalue weighted by atomic mass is 10.4. The highest BCUT2D eigenvalue weighted by atomic mass is 32.1. The molecule has 0 atom stereocenters. The highest BCUT2D eigenvalue weighted by molar-refractivity contribution is 7.15. The lowest BCUT2D eigenvalue weighted by Gasteiger charge is -1.99. The first-order valence-electron chi connectivity index (χ1n) is 6.72. The molecule has 4 aromatic heterocycles. The van der Waals surface area contributed by atoms with Crippen molar-refractivity contribution in [2.24, 2.45) is 0 Å². The third-order valence-electron chi connectivity index (χ3n) is 3.06. The Hall–Kier alpha value is -2.65. The number of rotatable bonds is 4. The van der Waals surface area contributed by atoms with E-state index in [9.17, 15) is 4.79 Å². The molecule has 0 spiro atoms. The summed E-state index contributed by atoms with van der Waals surface area (Å²) in [6.07, 6.45) is 6.94. The molecule has 1 N–H and O–H groups in total. The highest BCUT2D eigenvalue weighted by Gasteiger charge is 2.12. The van der Waals surface area contributed by atoms with E-state index < -0.39 is 0 Å². The highest BCUT2D eigenvalue weighted by Crippen LogP contribution is 2.19. The quantitative estimate of drug-likeness (QED) is 0.615. The molecule has 0 bridgehead atoms. The Balaban J connectivity index is 1.44. The van der Waals surface area contributed by atoms with Crippen LogP contribution in [0.2, 0.25) is 0 Å². The zero-order valence-corrected chi connectivity index (χ0v) is 13.3. The van der Waals surface area contributed by atoms with Crippen LogP contribution in [0.15, 0.2) is 41.6 Å². The first-order valence-corrected chi connectivity index (χ1v) is 8.48. The summed E-state index contributed by atoms with van der Waals surface area (Å²) in [4.78, 5) is 30.0. The van der Waals surface area contributed by atoms with E-state index in [2.05, 4.69) is 25.3 Å². The molecule has 1 amide bonds. The molecule has 114 valence electrons. The van der Waals surface area contributed by atoms with Crippen LogP contribution in [0.1, 0.15) is 16.2 Å². The third-order valence-corrected chi connectivity index (χ3v) is 4.72. The van der Waals surface area contributed by atoms with Gasteiger partial charge in [-0.25, -0.2) is 19.9 Å². The molecular formula is C14H10N6OS2. The molecule has 0 saturated heterocycles. The number of imidazole rings is 1. The van der Waals surface area contributed by atoms with Crippen molar-refractivity contribution in [2.45, 2.75) is 6.54 Å². The lowest BCUT2D eigenvalue weighted by molar-refractivity contribution is 0.0946. The number of carbonyl (C=O) groups is 1. The second-order valence-electron chi connectivity index (χ2n) is 4.62. The van der Waals surface area contributed by atoms with Crippen molar-refractivity contribution >= 4 is 33.5 Å². The van der Waals surface area contributed by atoms with Gasteiger partial charge in [0.15, 0.2) is 15.8 Å². The number of hydrogen-bond donors (Lipinski definition) is 1. The number of nitrogens with zero attached hydrogens (tertiary/aromatic N) is 5. The molecule has 7 nitrogen and oxygen atoms in total. The van der Waals surface area contributed by atoms with Crippen LogP contribution in [0.4, 0.5) is 0 Å². The number of amides is 1. The van der Waals surface area contributed by atoms with E-state index >= 15 is 0 Å². The summed E-state index contributed by atoms with van der Waals surface area (Å²) in [6.45, 7) is 0.341. The van der Waals surface area contributed by atoms with E-state index in [1.807, 2.05) is 21.4 Å². The van der Waals surface area contributed by atoms with Crippen molar-refractivity contribution in [2.75, 3.05) is 0 Å². The fraction of sp³-hybridized carbons (Fsp3) is 0.0714. The molecule has 0 saturated carbocycles. The molecule has 4 heterocycles. The lowest BCUT2D eigenvalue weighted by Crippen LogP contribution is -2.23. The minimum absolute atomic E-state index is 0.216. The van der Waals surface area contributed by atoms with Gasteiger partial charge in [-0.2, -0.15) is 0 Å². The molecule has 0 aliphatic carbocycles. The molecule has 23 heavy (non-hydrogen) atoms. The molecule has 9 heteroatoms. The van der Waals surface area contributed by atoms with Gasteiger partial charge in [-0.05, 0) is 6.07 Å². The number of thiazole rings is 2. The van der Waals surface area contributed by atoms with Crippen LogP contribution in [0.3, 0.4) is 0 Å². The monoisotopic (exact) mass is 342 g/mol. The summed E-state index contributed by atoms with van der Waals surface area (Å²) in [6, 6.07) is 1.76. The minimum atomic E-state index is -0.216. The molecule has 0 aliphatic rings. The maximum Gasteiger partial charge on any atom is 0.271 e. The number of hydrogen-bond acceptors (Lipinski definition) is 7. The van der Waals surface area contributed by atoms with Gasteiger partial charge in [0.25, 0.3) is 5.91 Å². The maximum atomic E-state index is 12.1. The van der Waals surface area contributed by atoms with Crippen molar-refractivity contribution in [3.63, 3.8) is 0 Å². The summed E-state index contributed by atoms with van der Waals surface area (Å²) in [5, 5.41) is 7.37. The van der Waals surface area contributed by atoms with Crippen molar-refractivity contribution in [3.05, 3.63) is 53.0 Å². The topological polar surface area (TPSA) is 85.1 Å². The van der Waals surface area contributed by atoms with Gasteiger partial charge in [0, 0.05) is 35.5 Å². The Morgan fingerprint density at radius 1 is 1.22 bits per heavy atom. The normalized spacial score (nSPS) is 11.0. The van der Waals surface area contributed by atoms with Crippen molar-refractivity contribution in [1.29, 1.82) is 0 Å². The SMILES string of the molecule is O=C(NCc1csc(-c2ncccn2)n1)c1cn2ccsc2n1. The van der Waals surface area contributed by atoms with E-state index in [-0.39, 0.29) is 5.91 Å². The van der Waals surface area contributed by atoms with Gasteiger partial charge in [-0.3, -0.25) is 9.20 Å². The van der Waals surface area contributed by atoms with Gasteiger partial charge in [0.2, 0.25) is 0 Å². The summed E-state index contributed by atoms with van der Waals surface area (Å²) in [5.74, 6) is 0.371. The van der Waals surface area contributed by atoms with Crippen LogP contribution in [0.5, 0.6) is 0 Å². The fourth-order valence-electron chi connectivity index (χ4n) is 2.00. The minimum Gasteiger partial charge on any atom is -0.345 e. The third kappa shape index (κ3) is 2.83. The van der Waals surface area contributed by atoms with E-state index in [0.29, 0.717) is 18.1 Å². The predicted octanol–water partition coefficient (Wildman–Crippen LogP) is 2.24. The summed E-state index contributed by atoms with van der Waals surface area (Å²) in [7, 11) is 0. The molecule has 0 unspecified atom stereocenters. The van der Waals surface area contributed by atoms with Crippen LogP contribution < -0.4 is 5.32 Å². The second kappa shape index (κ2) is 5.86. The second-order valence-corrected chi connectivity index (χ2v) is 6.35. The molecule has 0 radical (unpaired) electrons. The fourth-order valence-corrected chi connectivity index (χ4v) is 3.46. The maximum absolute atomic E-state index is 12.1. The van der Waals surface area contributed by atoms with Gasteiger partial charge in [-0.15, -0.1) is 22.7 Å². The molecule has 4 aromatic rings. The predicted molar refractivity (Wildman–Crippen MR) is 87.4 cm³/mol. The van der Waals surface area contributed by atoms with Gasteiger partial charge in [0.05, 0.1) is 12.2 Å². The van der Waals surface area contributed by atoms with E-state index in [1.54, 1.807) is 24.7 Å². The first kappa shape index (κ1) is 14.0. The molecular weight excluding hydrogens is 332 g/mol. The van der Waals surface area contributed by atoms with E-state index in [1.165, 1.54) is 22.7 Å². The van der Waals surface area contributed by atoms with Crippen LogP contribution in [-0.2, 0) is 6.54 Å². The molecule has 0 aromatic carbocycles. The zero-order valence-electron chi connectivity index (χ0n) is 11.7. The van der Waals surface area contributed by atoms with Crippen molar-refractivity contribution in [1.82, 2.24) is 29.7 Å². The first-order chi connectivity index (χ1) is 11.3. The van der Waals surface area contributed by atoms with Crippen LogP contribution in [0.25, 0.3) is 15.8 Å². The standard InChI is InChI=1S/C14H10N6OS2/c21-12(10-7-20-4-5-22-14(20)19-10)17-6-9-8-23-13(18-9)11-15-2-1-3-16-11/h1-5,7-8H,6H2,(H,17,21). The Bertz CT molecular complexity index is 929. The van der Waals surface area contributed by atoms with E-state index in [4.69, 9.17) is 0 Å². The Labute approximate surface area is 138 Å². The largest absolute Gasteiger partial charge is 0.345 e. The van der Waals surface area contributed by atoms with E-state index in [0.717, 1.165) is 15.7 Å². The Morgan fingerprint density at radius 3 is 2.91 bits per heavy atom. The van der Waals surface area contributed by atoms with Gasteiger partial charge in [-0.1, -0.05) is 0 Å². The van der Waals surface area contributed by atoms with Crippen LogP contribution in [-0.4, -0.2) is 30.2 Å². The van der Waals surface area contributed by atoms with Gasteiger partial charge >= 0.3 is 0 Å². The number of aromatic nitrogens is 5. The molecule has 0 fully saturated rings. The average Bonchev–Trinajstić information content (AvgIpc) is 3.29. The van der Waals surface area contributed by atoms with Crippen LogP contribution >= 0.6 is 22.7 Å². The Morgan fingerprint density at radius 2 is 2.09 bits per heavy atom. The molecule has 4 rings (SSSR count). The average molecular weight is 342 g/mol. The molecule has 0 aliphatic heterocycles. The zero-order chi connectivity index (χ0) is 15.6.